The van der Waals surface area contributed by atoms with E-state index in [4.69, 9.17) is 5.73 Å². The number of rotatable bonds is 5. The third-order valence-corrected chi connectivity index (χ3v) is 5.84. The first-order chi connectivity index (χ1) is 12.0. The van der Waals surface area contributed by atoms with Gasteiger partial charge in [-0.05, 0) is 37.3 Å². The van der Waals surface area contributed by atoms with E-state index in [1.54, 1.807) is 17.1 Å². The van der Waals surface area contributed by atoms with Crippen molar-refractivity contribution in [3.8, 4) is 0 Å². The zero-order valence-electron chi connectivity index (χ0n) is 14.5. The Kier molecular flexibility index (Phi) is 5.39. The molecule has 3 heterocycles. The maximum absolute atomic E-state index is 12.4. The van der Waals surface area contributed by atoms with Crippen molar-refractivity contribution in [2.45, 2.75) is 25.8 Å². The van der Waals surface area contributed by atoms with Gasteiger partial charge in [0.25, 0.3) is 0 Å². The predicted molar refractivity (Wildman–Crippen MR) is 91.3 cm³/mol. The Morgan fingerprint density at radius 3 is 2.52 bits per heavy atom. The first-order valence-corrected chi connectivity index (χ1v) is 8.89. The summed E-state index contributed by atoms with van der Waals surface area (Å²) in [6.07, 6.45) is 6.19. The molecule has 1 spiro atoms. The van der Waals surface area contributed by atoms with Crippen LogP contribution in [0.5, 0.6) is 0 Å². The van der Waals surface area contributed by atoms with Crippen LogP contribution in [0.1, 0.15) is 19.3 Å². The van der Waals surface area contributed by atoms with E-state index in [1.807, 2.05) is 15.9 Å². The molecular weight excluding hydrogens is 322 g/mol. The third kappa shape index (κ3) is 4.01. The number of hydrogen-bond donors (Lipinski definition) is 2. The molecule has 0 saturated carbocycles. The second-order valence-corrected chi connectivity index (χ2v) is 7.28. The normalized spacial score (nSPS) is 23.7. The fourth-order valence-corrected chi connectivity index (χ4v) is 4.29. The molecule has 2 amide bonds. The molecule has 1 aromatic heterocycles. The van der Waals surface area contributed by atoms with E-state index in [0.717, 1.165) is 25.8 Å². The summed E-state index contributed by atoms with van der Waals surface area (Å²) in [7, 11) is 0. The van der Waals surface area contributed by atoms with Crippen LogP contribution in [-0.2, 0) is 16.1 Å². The van der Waals surface area contributed by atoms with Gasteiger partial charge in [0.1, 0.15) is 6.54 Å². The van der Waals surface area contributed by atoms with Crippen LogP contribution >= 0.6 is 0 Å². The van der Waals surface area contributed by atoms with Crippen molar-refractivity contribution >= 4 is 11.8 Å². The first kappa shape index (κ1) is 17.9. The standard InChI is InChI=1S/C17H27N5O3/c18-15(24)11-20-7-2-17(14(10-20)13-23)3-8-21(9-4-17)16(25)12-22-6-1-5-19-22/h1,5-6,14,23H,2-4,7-13H2,(H2,18,24)/t14-/m0/s1. The lowest BCUT2D eigenvalue weighted by Crippen LogP contribution is -2.55. The van der Waals surface area contributed by atoms with Crippen molar-refractivity contribution in [2.24, 2.45) is 17.1 Å². The monoisotopic (exact) mass is 349 g/mol. The fraction of sp³-hybridized carbons (Fsp3) is 0.706. The Balaban J connectivity index is 1.56. The summed E-state index contributed by atoms with van der Waals surface area (Å²) in [4.78, 5) is 27.5. The summed E-state index contributed by atoms with van der Waals surface area (Å²) in [5.41, 5.74) is 5.35. The highest BCUT2D eigenvalue weighted by atomic mass is 16.3. The van der Waals surface area contributed by atoms with E-state index in [-0.39, 0.29) is 42.8 Å². The molecule has 1 atom stereocenters. The van der Waals surface area contributed by atoms with Crippen LogP contribution in [0, 0.1) is 11.3 Å². The van der Waals surface area contributed by atoms with Crippen LogP contribution in [0.25, 0.3) is 0 Å². The Morgan fingerprint density at radius 1 is 1.20 bits per heavy atom. The topological polar surface area (TPSA) is 105 Å². The Morgan fingerprint density at radius 2 is 1.92 bits per heavy atom. The number of aliphatic hydroxyl groups excluding tert-OH is 1. The van der Waals surface area contributed by atoms with Gasteiger partial charge in [-0.1, -0.05) is 0 Å². The summed E-state index contributed by atoms with van der Waals surface area (Å²) in [6.45, 7) is 3.58. The first-order valence-electron chi connectivity index (χ1n) is 8.89. The lowest BCUT2D eigenvalue weighted by molar-refractivity contribution is -0.137. The molecule has 2 aliphatic heterocycles. The molecule has 3 rings (SSSR count). The molecule has 138 valence electrons. The van der Waals surface area contributed by atoms with Gasteiger partial charge in [0.2, 0.25) is 11.8 Å². The van der Waals surface area contributed by atoms with E-state index < -0.39 is 0 Å². The van der Waals surface area contributed by atoms with E-state index in [1.165, 1.54) is 0 Å². The Hall–Kier alpha value is -1.93. The van der Waals surface area contributed by atoms with Crippen LogP contribution in [0.15, 0.2) is 18.5 Å². The number of carbonyl (C=O) groups is 2. The molecule has 8 heteroatoms. The second kappa shape index (κ2) is 7.53. The molecule has 0 aromatic carbocycles. The molecule has 3 N–H and O–H groups in total. The SMILES string of the molecule is NC(=O)CN1CCC2(CCN(C(=O)Cn3cccn3)CC2)[C@H](CO)C1. The average molecular weight is 349 g/mol. The average Bonchev–Trinajstić information content (AvgIpc) is 3.10. The summed E-state index contributed by atoms with van der Waals surface area (Å²) in [5, 5.41) is 14.0. The largest absolute Gasteiger partial charge is 0.396 e. The molecule has 2 fully saturated rings. The maximum atomic E-state index is 12.4. The zero-order valence-corrected chi connectivity index (χ0v) is 14.5. The smallest absolute Gasteiger partial charge is 0.244 e. The highest BCUT2D eigenvalue weighted by molar-refractivity contribution is 5.76. The lowest BCUT2D eigenvalue weighted by atomic mass is 9.64. The minimum atomic E-state index is -0.327. The Labute approximate surface area is 147 Å². The molecule has 0 radical (unpaired) electrons. The summed E-state index contributed by atoms with van der Waals surface area (Å²) < 4.78 is 1.64. The van der Waals surface area contributed by atoms with Gasteiger partial charge in [0.05, 0.1) is 6.54 Å². The molecule has 1 aromatic rings. The number of aliphatic hydroxyl groups is 1. The molecular formula is C17H27N5O3. The predicted octanol–water partition coefficient (Wildman–Crippen LogP) is -0.709. The molecule has 2 aliphatic rings. The van der Waals surface area contributed by atoms with E-state index in [9.17, 15) is 14.7 Å². The Bertz CT molecular complexity index is 595. The number of piperidine rings is 2. The number of primary amides is 1. The fourth-order valence-electron chi connectivity index (χ4n) is 4.29. The van der Waals surface area contributed by atoms with Crippen LogP contribution in [0.3, 0.4) is 0 Å². The summed E-state index contributed by atoms with van der Waals surface area (Å²) in [5.74, 6) is -0.110. The molecule has 8 nitrogen and oxygen atoms in total. The van der Waals surface area contributed by atoms with Crippen molar-refractivity contribution in [1.82, 2.24) is 19.6 Å². The summed E-state index contributed by atoms with van der Waals surface area (Å²) in [6, 6.07) is 1.81. The van der Waals surface area contributed by atoms with Crippen LogP contribution in [0.2, 0.25) is 0 Å². The van der Waals surface area contributed by atoms with Gasteiger partial charge >= 0.3 is 0 Å². The number of nitrogens with zero attached hydrogens (tertiary/aromatic N) is 4. The van der Waals surface area contributed by atoms with Gasteiger partial charge in [-0.25, -0.2) is 0 Å². The number of amides is 2. The van der Waals surface area contributed by atoms with Crippen LogP contribution in [0.4, 0.5) is 0 Å². The third-order valence-electron chi connectivity index (χ3n) is 5.84. The van der Waals surface area contributed by atoms with Gasteiger partial charge < -0.3 is 15.7 Å². The van der Waals surface area contributed by atoms with Gasteiger partial charge in [-0.3, -0.25) is 19.2 Å². The maximum Gasteiger partial charge on any atom is 0.244 e. The zero-order chi connectivity index (χ0) is 17.9. The van der Waals surface area contributed by atoms with Crippen molar-refractivity contribution < 1.29 is 14.7 Å². The number of hydrogen-bond acceptors (Lipinski definition) is 5. The van der Waals surface area contributed by atoms with Crippen molar-refractivity contribution in [1.29, 1.82) is 0 Å². The van der Waals surface area contributed by atoms with E-state index in [0.29, 0.717) is 19.6 Å². The number of aromatic nitrogens is 2. The number of likely N-dealkylation sites (tertiary alicyclic amines) is 2. The van der Waals surface area contributed by atoms with Crippen LogP contribution in [-0.4, -0.2) is 75.8 Å². The van der Waals surface area contributed by atoms with Crippen molar-refractivity contribution in [3.63, 3.8) is 0 Å². The highest BCUT2D eigenvalue weighted by Crippen LogP contribution is 2.45. The van der Waals surface area contributed by atoms with Crippen LogP contribution < -0.4 is 5.73 Å². The molecule has 0 aliphatic carbocycles. The minimum Gasteiger partial charge on any atom is -0.396 e. The number of nitrogens with two attached hydrogens (primary N) is 1. The van der Waals surface area contributed by atoms with Gasteiger partial charge in [-0.2, -0.15) is 5.10 Å². The highest BCUT2D eigenvalue weighted by Gasteiger charge is 2.45. The van der Waals surface area contributed by atoms with Gasteiger partial charge in [0, 0.05) is 44.6 Å². The van der Waals surface area contributed by atoms with E-state index >= 15 is 0 Å². The van der Waals surface area contributed by atoms with Gasteiger partial charge in [0.15, 0.2) is 0 Å². The summed E-state index contributed by atoms with van der Waals surface area (Å²) >= 11 is 0. The van der Waals surface area contributed by atoms with Crippen molar-refractivity contribution in [2.75, 3.05) is 39.3 Å². The minimum absolute atomic E-state index is 0.0609. The molecule has 0 unspecified atom stereocenters. The quantitative estimate of drug-likeness (QED) is 0.731. The molecule has 0 bridgehead atoms. The number of carbonyl (C=O) groups excluding carboxylic acids is 2. The van der Waals surface area contributed by atoms with E-state index in [2.05, 4.69) is 5.10 Å². The lowest BCUT2D eigenvalue weighted by Gasteiger charge is -2.51. The molecule has 25 heavy (non-hydrogen) atoms. The second-order valence-electron chi connectivity index (χ2n) is 7.28. The van der Waals surface area contributed by atoms with Gasteiger partial charge in [-0.15, -0.1) is 0 Å². The van der Waals surface area contributed by atoms with Crippen molar-refractivity contribution in [3.05, 3.63) is 18.5 Å². The molecule has 2 saturated heterocycles.